The highest BCUT2D eigenvalue weighted by Gasteiger charge is 2.13. The van der Waals surface area contributed by atoms with Gasteiger partial charge in [-0.15, -0.1) is 0 Å². The maximum Gasteiger partial charge on any atom is 0.295 e. The zero-order valence-corrected chi connectivity index (χ0v) is 9.69. The molecule has 5 nitrogen and oxygen atoms in total. The zero-order valence-electron chi connectivity index (χ0n) is 8.93. The lowest BCUT2D eigenvalue weighted by atomic mass is 10.3. The summed E-state index contributed by atoms with van der Waals surface area (Å²) < 4.78 is 13.2. The van der Waals surface area contributed by atoms with Gasteiger partial charge in [-0.25, -0.2) is 4.39 Å². The molecular weight excluding hydrogens is 261 g/mol. The summed E-state index contributed by atoms with van der Waals surface area (Å²) in [5.41, 5.74) is 0.401. The Bertz CT molecular complexity index is 607. The molecule has 2 rings (SSSR count). The molecule has 1 aromatic heterocycles. The molecule has 0 atom stereocenters. The van der Waals surface area contributed by atoms with E-state index < -0.39 is 10.7 Å². The van der Waals surface area contributed by atoms with Crippen LogP contribution in [-0.2, 0) is 0 Å². The van der Waals surface area contributed by atoms with Crippen molar-refractivity contribution in [2.75, 3.05) is 5.32 Å². The van der Waals surface area contributed by atoms with Crippen LogP contribution >= 0.6 is 11.6 Å². The van der Waals surface area contributed by atoms with Crippen LogP contribution in [0, 0.1) is 15.9 Å². The Labute approximate surface area is 106 Å². The van der Waals surface area contributed by atoms with Crippen LogP contribution in [0.3, 0.4) is 0 Å². The largest absolute Gasteiger partial charge is 0.349 e. The van der Waals surface area contributed by atoms with E-state index in [2.05, 4.69) is 10.3 Å². The summed E-state index contributed by atoms with van der Waals surface area (Å²) in [5.74, 6) is -0.604. The van der Waals surface area contributed by atoms with Gasteiger partial charge in [-0.05, 0) is 18.2 Å². The fraction of sp³-hybridized carbons (Fsp3) is 0. The van der Waals surface area contributed by atoms with Crippen molar-refractivity contribution < 1.29 is 9.31 Å². The van der Waals surface area contributed by atoms with E-state index in [1.54, 1.807) is 0 Å². The molecule has 1 N–H and O–H groups in total. The maximum absolute atomic E-state index is 13.2. The van der Waals surface area contributed by atoms with E-state index in [4.69, 9.17) is 11.6 Å². The number of nitro groups is 1. The van der Waals surface area contributed by atoms with Crippen LogP contribution in [0.1, 0.15) is 0 Å². The Morgan fingerprint density at radius 3 is 2.83 bits per heavy atom. The van der Waals surface area contributed by atoms with Gasteiger partial charge in [-0.2, -0.15) is 0 Å². The van der Waals surface area contributed by atoms with Crippen LogP contribution in [0.5, 0.6) is 0 Å². The molecular formula is C11H7ClFN3O2. The molecule has 0 amide bonds. The molecule has 0 aliphatic carbocycles. The lowest BCUT2D eigenvalue weighted by Gasteiger charge is -2.06. The van der Waals surface area contributed by atoms with Crippen molar-refractivity contribution in [2.45, 2.75) is 0 Å². The Hall–Kier alpha value is -2.21. The third kappa shape index (κ3) is 2.54. The molecule has 0 spiro atoms. The Morgan fingerprint density at radius 1 is 1.39 bits per heavy atom. The molecule has 2 aromatic rings. The van der Waals surface area contributed by atoms with Gasteiger partial charge in [-0.3, -0.25) is 15.1 Å². The smallest absolute Gasteiger partial charge is 0.295 e. The first-order valence-electron chi connectivity index (χ1n) is 4.88. The number of pyridine rings is 1. The van der Waals surface area contributed by atoms with E-state index in [1.807, 2.05) is 0 Å². The minimum atomic E-state index is -0.604. The van der Waals surface area contributed by atoms with Gasteiger partial charge >= 0.3 is 0 Å². The minimum absolute atomic E-state index is 0.0127. The molecule has 0 radical (unpaired) electrons. The third-order valence-electron chi connectivity index (χ3n) is 2.19. The monoisotopic (exact) mass is 267 g/mol. The van der Waals surface area contributed by atoms with Gasteiger partial charge in [0.1, 0.15) is 11.5 Å². The van der Waals surface area contributed by atoms with Gasteiger partial charge in [0.25, 0.3) is 5.69 Å². The van der Waals surface area contributed by atoms with Crippen molar-refractivity contribution >= 4 is 28.7 Å². The zero-order chi connectivity index (χ0) is 13.1. The topological polar surface area (TPSA) is 68.1 Å². The van der Waals surface area contributed by atoms with Gasteiger partial charge in [0, 0.05) is 18.0 Å². The van der Waals surface area contributed by atoms with Crippen LogP contribution in [0.15, 0.2) is 36.7 Å². The van der Waals surface area contributed by atoms with E-state index in [-0.39, 0.29) is 16.4 Å². The lowest BCUT2D eigenvalue weighted by Crippen LogP contribution is -1.98. The normalized spacial score (nSPS) is 10.1. The number of rotatable bonds is 3. The quantitative estimate of drug-likeness (QED) is 0.682. The summed E-state index contributed by atoms with van der Waals surface area (Å²) in [6.45, 7) is 0. The van der Waals surface area contributed by atoms with Crippen molar-refractivity contribution in [1.82, 2.24) is 4.98 Å². The van der Waals surface area contributed by atoms with Gasteiger partial charge in [0.15, 0.2) is 0 Å². The Balaban J connectivity index is 2.34. The number of anilines is 2. The molecule has 0 aliphatic rings. The summed E-state index contributed by atoms with van der Waals surface area (Å²) in [6, 6.07) is 5.29. The third-order valence-corrected chi connectivity index (χ3v) is 2.50. The molecule has 1 aromatic carbocycles. The number of nitrogens with zero attached hydrogens (tertiary/aromatic N) is 2. The Morgan fingerprint density at radius 2 is 2.17 bits per heavy atom. The summed E-state index contributed by atoms with van der Waals surface area (Å²) in [5, 5.41) is 13.5. The minimum Gasteiger partial charge on any atom is -0.349 e. The molecule has 0 aliphatic heterocycles. The molecule has 0 saturated carbocycles. The van der Waals surface area contributed by atoms with E-state index in [9.17, 15) is 14.5 Å². The molecule has 0 bridgehead atoms. The second-order valence-electron chi connectivity index (χ2n) is 3.40. The lowest BCUT2D eigenvalue weighted by molar-refractivity contribution is -0.384. The fourth-order valence-corrected chi connectivity index (χ4v) is 1.49. The van der Waals surface area contributed by atoms with E-state index in [0.717, 1.165) is 6.07 Å². The highest BCUT2D eigenvalue weighted by atomic mass is 35.5. The predicted molar refractivity (Wildman–Crippen MR) is 65.6 cm³/mol. The van der Waals surface area contributed by atoms with Gasteiger partial charge in [-0.1, -0.05) is 11.6 Å². The first kappa shape index (κ1) is 12.3. The summed E-state index contributed by atoms with van der Waals surface area (Å²) >= 11 is 5.54. The number of halogens is 2. The summed E-state index contributed by atoms with van der Waals surface area (Å²) in [6.07, 6.45) is 2.61. The van der Waals surface area contributed by atoms with Crippen molar-refractivity contribution in [2.24, 2.45) is 0 Å². The Kier molecular flexibility index (Phi) is 3.38. The second kappa shape index (κ2) is 4.97. The number of hydrogen-bond acceptors (Lipinski definition) is 4. The average molecular weight is 268 g/mol. The predicted octanol–water partition coefficient (Wildman–Crippen LogP) is 3.53. The maximum atomic E-state index is 13.2. The van der Waals surface area contributed by atoms with Crippen LogP contribution in [0.25, 0.3) is 0 Å². The molecule has 7 heteroatoms. The molecule has 1 heterocycles. The molecule has 92 valence electrons. The first-order valence-corrected chi connectivity index (χ1v) is 5.26. The highest BCUT2D eigenvalue weighted by molar-refractivity contribution is 6.30. The van der Waals surface area contributed by atoms with Crippen LogP contribution in [0.2, 0.25) is 5.02 Å². The summed E-state index contributed by atoms with van der Waals surface area (Å²) in [4.78, 5) is 14.0. The second-order valence-corrected chi connectivity index (χ2v) is 3.81. The van der Waals surface area contributed by atoms with Crippen molar-refractivity contribution in [3.05, 3.63) is 57.6 Å². The molecule has 0 saturated heterocycles. The number of nitrogens with one attached hydrogen (secondary N) is 1. The van der Waals surface area contributed by atoms with Crippen LogP contribution in [0.4, 0.5) is 21.5 Å². The first-order chi connectivity index (χ1) is 8.58. The van der Waals surface area contributed by atoms with Gasteiger partial charge in [0.05, 0.1) is 16.1 Å². The standard InChI is InChI=1S/C11H7ClFN3O2/c12-8-2-1-7(5-9(8)13)15-10-6-14-4-3-11(10)16(17)18/h1-6,15H. The van der Waals surface area contributed by atoms with Crippen LogP contribution < -0.4 is 5.32 Å². The fourth-order valence-electron chi connectivity index (χ4n) is 1.37. The van der Waals surface area contributed by atoms with E-state index in [0.29, 0.717) is 5.69 Å². The van der Waals surface area contributed by atoms with Gasteiger partial charge < -0.3 is 5.32 Å². The highest BCUT2D eigenvalue weighted by Crippen LogP contribution is 2.27. The van der Waals surface area contributed by atoms with Crippen molar-refractivity contribution in [3.63, 3.8) is 0 Å². The van der Waals surface area contributed by atoms with Crippen LogP contribution in [-0.4, -0.2) is 9.91 Å². The number of aromatic nitrogens is 1. The average Bonchev–Trinajstić information content (AvgIpc) is 2.34. The summed E-state index contributed by atoms with van der Waals surface area (Å²) in [7, 11) is 0. The van der Waals surface area contributed by atoms with Gasteiger partial charge in [0.2, 0.25) is 0 Å². The number of benzene rings is 1. The van der Waals surface area contributed by atoms with E-state index in [1.165, 1.54) is 30.6 Å². The molecule has 0 unspecified atom stereocenters. The van der Waals surface area contributed by atoms with Crippen molar-refractivity contribution in [3.8, 4) is 0 Å². The van der Waals surface area contributed by atoms with Crippen molar-refractivity contribution in [1.29, 1.82) is 0 Å². The molecule has 0 fully saturated rings. The van der Waals surface area contributed by atoms with E-state index >= 15 is 0 Å². The SMILES string of the molecule is O=[N+]([O-])c1ccncc1Nc1ccc(Cl)c(F)c1. The molecule has 18 heavy (non-hydrogen) atoms. The number of hydrogen-bond donors (Lipinski definition) is 1.